The Kier molecular flexibility index (Phi) is 5.65. The molecule has 3 rings (SSSR count). The van der Waals surface area contributed by atoms with Crippen molar-refractivity contribution in [3.8, 4) is 22.6 Å². The van der Waals surface area contributed by atoms with Crippen molar-refractivity contribution in [2.75, 3.05) is 11.9 Å². The van der Waals surface area contributed by atoms with Crippen LogP contribution in [0, 0.1) is 15.5 Å². The fourth-order valence-electron chi connectivity index (χ4n) is 2.94. The lowest BCUT2D eigenvalue weighted by Gasteiger charge is -2.19. The van der Waals surface area contributed by atoms with Gasteiger partial charge in [0.1, 0.15) is 5.82 Å². The van der Waals surface area contributed by atoms with E-state index in [-0.39, 0.29) is 22.3 Å². The molecule has 0 aliphatic carbocycles. The third-order valence-corrected chi connectivity index (χ3v) is 4.57. The van der Waals surface area contributed by atoms with E-state index < -0.39 is 4.92 Å². The van der Waals surface area contributed by atoms with Gasteiger partial charge in [-0.25, -0.2) is 9.97 Å². The SMILES string of the molecule is CC(C)(C)CNc1nc(-c2[nH]c(C(C)(C)C)nc2-c2ccccc2)ccc1[N+](=O)[O-]. The lowest BCUT2D eigenvalue weighted by Crippen LogP contribution is -2.20. The number of hydrogen-bond acceptors (Lipinski definition) is 5. The topological polar surface area (TPSA) is 96.7 Å². The Labute approximate surface area is 177 Å². The molecule has 0 atom stereocenters. The van der Waals surface area contributed by atoms with Crippen molar-refractivity contribution in [1.82, 2.24) is 15.0 Å². The number of anilines is 1. The molecule has 3 aromatic rings. The monoisotopic (exact) mass is 407 g/mol. The molecule has 0 spiro atoms. The number of rotatable bonds is 5. The van der Waals surface area contributed by atoms with Crippen LogP contribution in [0.3, 0.4) is 0 Å². The van der Waals surface area contributed by atoms with Gasteiger partial charge in [0, 0.05) is 23.6 Å². The number of pyridine rings is 1. The molecule has 0 radical (unpaired) electrons. The zero-order chi connectivity index (χ0) is 22.1. The van der Waals surface area contributed by atoms with Crippen LogP contribution in [0.5, 0.6) is 0 Å². The Hall–Kier alpha value is -3.22. The highest BCUT2D eigenvalue weighted by atomic mass is 16.6. The summed E-state index contributed by atoms with van der Waals surface area (Å²) >= 11 is 0. The Bertz CT molecular complexity index is 1040. The molecule has 7 heteroatoms. The van der Waals surface area contributed by atoms with Gasteiger partial charge in [-0.05, 0) is 11.5 Å². The highest BCUT2D eigenvalue weighted by Crippen LogP contribution is 2.35. The van der Waals surface area contributed by atoms with E-state index in [0.29, 0.717) is 12.2 Å². The van der Waals surface area contributed by atoms with Gasteiger partial charge in [-0.15, -0.1) is 0 Å². The summed E-state index contributed by atoms with van der Waals surface area (Å²) < 4.78 is 0. The van der Waals surface area contributed by atoms with Crippen molar-refractivity contribution in [2.45, 2.75) is 47.0 Å². The van der Waals surface area contributed by atoms with Crippen LogP contribution in [0.1, 0.15) is 47.4 Å². The lowest BCUT2D eigenvalue weighted by molar-refractivity contribution is -0.384. The minimum atomic E-state index is -0.409. The maximum atomic E-state index is 11.5. The predicted molar refractivity (Wildman–Crippen MR) is 121 cm³/mol. The molecule has 0 unspecified atom stereocenters. The van der Waals surface area contributed by atoms with Crippen LogP contribution in [-0.4, -0.2) is 26.4 Å². The summed E-state index contributed by atoms with van der Waals surface area (Å²) in [5.41, 5.74) is 2.83. The average molecular weight is 408 g/mol. The van der Waals surface area contributed by atoms with Crippen LogP contribution < -0.4 is 5.32 Å². The number of aromatic amines is 1. The quantitative estimate of drug-likeness (QED) is 0.411. The van der Waals surface area contributed by atoms with Gasteiger partial charge in [-0.2, -0.15) is 0 Å². The first kappa shape index (κ1) is 21.5. The molecule has 0 fully saturated rings. The third-order valence-electron chi connectivity index (χ3n) is 4.57. The first-order valence-electron chi connectivity index (χ1n) is 10.0. The molecule has 0 aliphatic rings. The van der Waals surface area contributed by atoms with Crippen molar-refractivity contribution < 1.29 is 4.92 Å². The molecule has 0 saturated heterocycles. The zero-order valence-electron chi connectivity index (χ0n) is 18.4. The molecule has 30 heavy (non-hydrogen) atoms. The summed E-state index contributed by atoms with van der Waals surface area (Å²) in [7, 11) is 0. The summed E-state index contributed by atoms with van der Waals surface area (Å²) in [6.45, 7) is 13.0. The molecule has 2 heterocycles. The largest absolute Gasteiger partial charge is 0.364 e. The van der Waals surface area contributed by atoms with E-state index in [1.165, 1.54) is 6.07 Å². The summed E-state index contributed by atoms with van der Waals surface area (Å²) in [5.74, 6) is 1.10. The fraction of sp³-hybridized carbons (Fsp3) is 0.391. The minimum Gasteiger partial charge on any atom is -0.364 e. The van der Waals surface area contributed by atoms with Gasteiger partial charge in [0.25, 0.3) is 0 Å². The van der Waals surface area contributed by atoms with E-state index in [1.54, 1.807) is 6.07 Å². The summed E-state index contributed by atoms with van der Waals surface area (Å²) in [6.07, 6.45) is 0. The molecule has 0 aliphatic heterocycles. The molecule has 2 N–H and O–H groups in total. The third kappa shape index (κ3) is 4.84. The number of H-pyrrole nitrogens is 1. The first-order chi connectivity index (χ1) is 14.0. The standard InChI is InChI=1S/C23H29N5O2/c1-22(2,3)14-24-20-17(28(29)30)13-12-16(25-20)19-18(15-10-8-7-9-11-15)26-21(27-19)23(4,5)6/h7-13H,14H2,1-6H3,(H,24,25)(H,26,27). The van der Waals surface area contributed by atoms with E-state index in [4.69, 9.17) is 4.98 Å². The van der Waals surface area contributed by atoms with E-state index in [2.05, 4.69) is 56.8 Å². The Morgan fingerprint density at radius 1 is 1.00 bits per heavy atom. The van der Waals surface area contributed by atoms with Gasteiger partial charge >= 0.3 is 5.69 Å². The number of nitro groups is 1. The predicted octanol–water partition coefficient (Wildman–Crippen LogP) is 5.80. The van der Waals surface area contributed by atoms with Crippen molar-refractivity contribution >= 4 is 11.5 Å². The lowest BCUT2D eigenvalue weighted by atomic mass is 9.96. The molecular formula is C23H29N5O2. The highest BCUT2D eigenvalue weighted by Gasteiger charge is 2.25. The van der Waals surface area contributed by atoms with Crippen molar-refractivity contribution in [3.05, 3.63) is 58.4 Å². The molecule has 1 aromatic carbocycles. The highest BCUT2D eigenvalue weighted by molar-refractivity contribution is 5.78. The Balaban J connectivity index is 2.15. The van der Waals surface area contributed by atoms with E-state index >= 15 is 0 Å². The summed E-state index contributed by atoms with van der Waals surface area (Å²) in [4.78, 5) is 24.0. The van der Waals surface area contributed by atoms with E-state index in [9.17, 15) is 10.1 Å². The van der Waals surface area contributed by atoms with Crippen molar-refractivity contribution in [3.63, 3.8) is 0 Å². The number of hydrogen-bond donors (Lipinski definition) is 2. The maximum Gasteiger partial charge on any atom is 0.311 e. The van der Waals surface area contributed by atoms with Gasteiger partial charge < -0.3 is 10.3 Å². The molecule has 0 amide bonds. The smallest absolute Gasteiger partial charge is 0.311 e. The Morgan fingerprint density at radius 2 is 1.67 bits per heavy atom. The second-order valence-corrected chi connectivity index (χ2v) is 9.66. The number of benzene rings is 1. The number of aromatic nitrogens is 3. The van der Waals surface area contributed by atoms with Crippen LogP contribution in [-0.2, 0) is 5.41 Å². The van der Waals surface area contributed by atoms with Gasteiger partial charge in [0.2, 0.25) is 5.82 Å². The first-order valence-corrected chi connectivity index (χ1v) is 10.0. The minimum absolute atomic E-state index is 0.0418. The fourth-order valence-corrected chi connectivity index (χ4v) is 2.94. The number of imidazole rings is 1. The van der Waals surface area contributed by atoms with Crippen LogP contribution in [0.15, 0.2) is 42.5 Å². The molecule has 0 bridgehead atoms. The molecule has 7 nitrogen and oxygen atoms in total. The normalized spacial score (nSPS) is 12.1. The van der Waals surface area contributed by atoms with Gasteiger partial charge in [0.15, 0.2) is 0 Å². The molecular weight excluding hydrogens is 378 g/mol. The van der Waals surface area contributed by atoms with Crippen LogP contribution in [0.25, 0.3) is 22.6 Å². The zero-order valence-corrected chi connectivity index (χ0v) is 18.4. The maximum absolute atomic E-state index is 11.5. The van der Waals surface area contributed by atoms with E-state index in [0.717, 1.165) is 22.8 Å². The number of nitrogens with one attached hydrogen (secondary N) is 2. The van der Waals surface area contributed by atoms with Crippen LogP contribution in [0.4, 0.5) is 11.5 Å². The van der Waals surface area contributed by atoms with Crippen molar-refractivity contribution in [1.29, 1.82) is 0 Å². The second kappa shape index (κ2) is 7.89. The summed E-state index contributed by atoms with van der Waals surface area (Å²) in [6, 6.07) is 13.0. The number of nitrogens with zero attached hydrogens (tertiary/aromatic N) is 3. The van der Waals surface area contributed by atoms with Crippen LogP contribution in [0.2, 0.25) is 0 Å². The molecule has 0 saturated carbocycles. The second-order valence-electron chi connectivity index (χ2n) is 9.66. The molecule has 2 aromatic heterocycles. The average Bonchev–Trinajstić information content (AvgIpc) is 3.12. The van der Waals surface area contributed by atoms with Crippen LogP contribution >= 0.6 is 0 Å². The van der Waals surface area contributed by atoms with Gasteiger partial charge in [-0.1, -0.05) is 71.9 Å². The van der Waals surface area contributed by atoms with Gasteiger partial charge in [-0.3, -0.25) is 10.1 Å². The van der Waals surface area contributed by atoms with Gasteiger partial charge in [0.05, 0.1) is 22.0 Å². The molecule has 158 valence electrons. The van der Waals surface area contributed by atoms with Crippen molar-refractivity contribution in [2.24, 2.45) is 5.41 Å². The van der Waals surface area contributed by atoms with E-state index in [1.807, 2.05) is 30.3 Å². The Morgan fingerprint density at radius 3 is 2.23 bits per heavy atom. The summed E-state index contributed by atoms with van der Waals surface area (Å²) in [5, 5.41) is 14.7.